The summed E-state index contributed by atoms with van der Waals surface area (Å²) >= 11 is 0. The summed E-state index contributed by atoms with van der Waals surface area (Å²) < 4.78 is 6.11. The zero-order valence-electron chi connectivity index (χ0n) is 12.1. The summed E-state index contributed by atoms with van der Waals surface area (Å²) in [6, 6.07) is 3.54. The minimum Gasteiger partial charge on any atom is -0.417 e. The Morgan fingerprint density at radius 1 is 1.17 bits per heavy atom. The predicted molar refractivity (Wildman–Crippen MR) is 78.2 cm³/mol. The highest BCUT2D eigenvalue weighted by Gasteiger charge is 2.28. The zero-order valence-corrected chi connectivity index (χ0v) is 13.1. The Labute approximate surface area is 112 Å². The number of aliphatic hydroxyl groups excluding tert-OH is 1. The number of unbranched alkanes of at least 4 members (excludes halogenated alkanes) is 1. The smallest absolute Gasteiger partial charge is 0.191 e. The summed E-state index contributed by atoms with van der Waals surface area (Å²) in [6.07, 6.45) is 5.33. The molecule has 0 aliphatic carbocycles. The standard InChI is InChI=1S/C14H28O3Si/c1-4-18(5-2,6-3)17-13-8-7-10-14(16)11-9-12-15/h9,11,15H,4-8,10,12-13H2,1-3H3/b11-9+. The molecule has 0 fully saturated rings. The molecular weight excluding hydrogens is 244 g/mol. The molecule has 18 heavy (non-hydrogen) atoms. The van der Waals surface area contributed by atoms with Crippen molar-refractivity contribution in [1.29, 1.82) is 0 Å². The molecule has 106 valence electrons. The maximum atomic E-state index is 11.3. The quantitative estimate of drug-likeness (QED) is 0.357. The molecule has 0 aromatic carbocycles. The lowest BCUT2D eigenvalue weighted by Crippen LogP contribution is -2.36. The number of rotatable bonds is 11. The molecule has 0 radical (unpaired) electrons. The van der Waals surface area contributed by atoms with E-state index in [4.69, 9.17) is 9.53 Å². The second kappa shape index (κ2) is 10.5. The molecule has 4 heteroatoms. The Balaban J connectivity index is 3.73. The highest BCUT2D eigenvalue weighted by molar-refractivity contribution is 6.73. The first-order chi connectivity index (χ1) is 8.64. The van der Waals surface area contributed by atoms with Crippen LogP contribution >= 0.6 is 0 Å². The average molecular weight is 272 g/mol. The van der Waals surface area contributed by atoms with Crippen LogP contribution in [-0.2, 0) is 9.22 Å². The lowest BCUT2D eigenvalue weighted by molar-refractivity contribution is -0.114. The van der Waals surface area contributed by atoms with Crippen LogP contribution in [0.15, 0.2) is 12.2 Å². The van der Waals surface area contributed by atoms with Gasteiger partial charge in [-0.3, -0.25) is 4.79 Å². The third kappa shape index (κ3) is 7.09. The minimum absolute atomic E-state index is 0.0630. The van der Waals surface area contributed by atoms with Gasteiger partial charge in [-0.1, -0.05) is 26.8 Å². The van der Waals surface area contributed by atoms with E-state index >= 15 is 0 Å². The molecule has 0 atom stereocenters. The Bertz CT molecular complexity index is 239. The summed E-state index contributed by atoms with van der Waals surface area (Å²) in [4.78, 5) is 11.3. The third-order valence-corrected chi connectivity index (χ3v) is 8.25. The number of hydrogen-bond acceptors (Lipinski definition) is 3. The largest absolute Gasteiger partial charge is 0.417 e. The molecule has 1 N–H and O–H groups in total. The second-order valence-corrected chi connectivity index (χ2v) is 9.38. The first-order valence-corrected chi connectivity index (χ1v) is 9.61. The van der Waals surface area contributed by atoms with Crippen LogP contribution < -0.4 is 0 Å². The molecule has 0 heterocycles. The normalized spacial score (nSPS) is 12.2. The van der Waals surface area contributed by atoms with Gasteiger partial charge in [0, 0.05) is 13.0 Å². The predicted octanol–water partition coefficient (Wildman–Crippen LogP) is 3.30. The number of carbonyl (C=O) groups is 1. The fraction of sp³-hybridized carbons (Fsp3) is 0.786. The van der Waals surface area contributed by atoms with Gasteiger partial charge in [0.2, 0.25) is 0 Å². The highest BCUT2D eigenvalue weighted by atomic mass is 28.4. The van der Waals surface area contributed by atoms with Crippen LogP contribution in [0.4, 0.5) is 0 Å². The molecule has 0 aliphatic heterocycles. The van der Waals surface area contributed by atoms with E-state index < -0.39 is 8.32 Å². The van der Waals surface area contributed by atoms with Crippen molar-refractivity contribution >= 4 is 14.1 Å². The number of aliphatic hydroxyl groups is 1. The van der Waals surface area contributed by atoms with E-state index in [1.807, 2.05) is 0 Å². The molecular formula is C14H28O3Si. The van der Waals surface area contributed by atoms with Gasteiger partial charge in [-0.25, -0.2) is 0 Å². The summed E-state index contributed by atoms with van der Waals surface area (Å²) in [6.45, 7) is 7.40. The Morgan fingerprint density at radius 2 is 1.78 bits per heavy atom. The fourth-order valence-corrected chi connectivity index (χ4v) is 4.70. The van der Waals surface area contributed by atoms with E-state index in [-0.39, 0.29) is 12.4 Å². The molecule has 0 saturated carbocycles. The maximum Gasteiger partial charge on any atom is 0.191 e. The Morgan fingerprint density at radius 3 is 2.28 bits per heavy atom. The van der Waals surface area contributed by atoms with E-state index in [0.29, 0.717) is 6.42 Å². The van der Waals surface area contributed by atoms with Crippen molar-refractivity contribution < 1.29 is 14.3 Å². The third-order valence-electron chi connectivity index (χ3n) is 3.57. The van der Waals surface area contributed by atoms with Gasteiger partial charge in [0.1, 0.15) is 0 Å². The van der Waals surface area contributed by atoms with Crippen LogP contribution in [0.1, 0.15) is 40.0 Å². The molecule has 0 aliphatic rings. The second-order valence-electron chi connectivity index (χ2n) is 4.60. The van der Waals surface area contributed by atoms with Crippen molar-refractivity contribution in [3.05, 3.63) is 12.2 Å². The van der Waals surface area contributed by atoms with Crippen LogP contribution in [0, 0.1) is 0 Å². The van der Waals surface area contributed by atoms with E-state index in [1.54, 1.807) is 0 Å². The molecule has 3 nitrogen and oxygen atoms in total. The summed E-state index contributed by atoms with van der Waals surface area (Å²) in [5.74, 6) is 0.0917. The maximum absolute atomic E-state index is 11.3. The number of allylic oxidation sites excluding steroid dienone is 1. The van der Waals surface area contributed by atoms with Crippen molar-refractivity contribution in [2.75, 3.05) is 13.2 Å². The average Bonchev–Trinajstić information content (AvgIpc) is 2.41. The summed E-state index contributed by atoms with van der Waals surface area (Å²) in [7, 11) is -1.45. The van der Waals surface area contributed by atoms with Gasteiger partial charge in [0.25, 0.3) is 0 Å². The lowest BCUT2D eigenvalue weighted by Gasteiger charge is -2.27. The molecule has 0 unspecified atom stereocenters. The number of carbonyl (C=O) groups excluding carboxylic acids is 1. The van der Waals surface area contributed by atoms with Gasteiger partial charge in [-0.15, -0.1) is 0 Å². The SMILES string of the molecule is CC[Si](CC)(CC)OCCCCC(=O)/C=C/CO. The molecule has 0 aromatic heterocycles. The number of hydrogen-bond donors (Lipinski definition) is 1. The molecule has 0 amide bonds. The first kappa shape index (κ1) is 17.5. The minimum atomic E-state index is -1.45. The van der Waals surface area contributed by atoms with E-state index in [2.05, 4.69) is 20.8 Å². The zero-order chi connectivity index (χ0) is 13.9. The van der Waals surface area contributed by atoms with Crippen molar-refractivity contribution in [3.8, 4) is 0 Å². The van der Waals surface area contributed by atoms with Crippen molar-refractivity contribution in [1.82, 2.24) is 0 Å². The topological polar surface area (TPSA) is 46.5 Å². The van der Waals surface area contributed by atoms with E-state index in [1.165, 1.54) is 30.3 Å². The van der Waals surface area contributed by atoms with Gasteiger partial charge < -0.3 is 9.53 Å². The molecule has 0 rings (SSSR count). The van der Waals surface area contributed by atoms with E-state index in [0.717, 1.165) is 19.4 Å². The Kier molecular flexibility index (Phi) is 10.2. The van der Waals surface area contributed by atoms with Gasteiger partial charge in [0.05, 0.1) is 6.61 Å². The monoisotopic (exact) mass is 272 g/mol. The number of ketones is 1. The summed E-state index contributed by atoms with van der Waals surface area (Å²) in [5.41, 5.74) is 0. The van der Waals surface area contributed by atoms with Crippen LogP contribution in [0.25, 0.3) is 0 Å². The summed E-state index contributed by atoms with van der Waals surface area (Å²) in [5, 5.41) is 8.54. The molecule has 0 spiro atoms. The van der Waals surface area contributed by atoms with Gasteiger partial charge in [-0.05, 0) is 37.0 Å². The molecule has 0 aromatic rings. The van der Waals surface area contributed by atoms with Crippen molar-refractivity contribution in [2.24, 2.45) is 0 Å². The van der Waals surface area contributed by atoms with Crippen molar-refractivity contribution in [3.63, 3.8) is 0 Å². The van der Waals surface area contributed by atoms with Crippen LogP contribution in [0.2, 0.25) is 18.1 Å². The van der Waals surface area contributed by atoms with Gasteiger partial charge >= 0.3 is 0 Å². The van der Waals surface area contributed by atoms with Crippen molar-refractivity contribution in [2.45, 2.75) is 58.2 Å². The molecule has 0 saturated heterocycles. The van der Waals surface area contributed by atoms with Crippen LogP contribution in [0.5, 0.6) is 0 Å². The van der Waals surface area contributed by atoms with Crippen LogP contribution in [-0.4, -0.2) is 32.4 Å². The fourth-order valence-electron chi connectivity index (χ4n) is 2.01. The Hall–Kier alpha value is -0.453. The first-order valence-electron chi connectivity index (χ1n) is 7.08. The molecule has 0 bridgehead atoms. The van der Waals surface area contributed by atoms with E-state index in [9.17, 15) is 4.79 Å². The lowest BCUT2D eigenvalue weighted by atomic mass is 10.2. The van der Waals surface area contributed by atoms with Crippen LogP contribution in [0.3, 0.4) is 0 Å². The van der Waals surface area contributed by atoms with Gasteiger partial charge in [-0.2, -0.15) is 0 Å². The van der Waals surface area contributed by atoms with Gasteiger partial charge in [0.15, 0.2) is 14.1 Å². The highest BCUT2D eigenvalue weighted by Crippen LogP contribution is 2.21.